The van der Waals surface area contributed by atoms with Gasteiger partial charge < -0.3 is 5.32 Å². The number of hydrogen-bond acceptors (Lipinski definition) is 3. The first-order chi connectivity index (χ1) is 12.6. The largest absolute Gasteiger partial charge is 0.416 e. The van der Waals surface area contributed by atoms with Crippen LogP contribution in [0.5, 0.6) is 0 Å². The first kappa shape index (κ1) is 20.9. The number of nitrogens with zero attached hydrogens (tertiary/aromatic N) is 1. The Hall–Kier alpha value is -2.42. The Kier molecular flexibility index (Phi) is 6.59. The molecule has 0 fully saturated rings. The van der Waals surface area contributed by atoms with Gasteiger partial charge in [0.05, 0.1) is 22.7 Å². The molecule has 1 aromatic heterocycles. The molecule has 0 aliphatic carbocycles. The monoisotopic (exact) mass is 402 g/mol. The summed E-state index contributed by atoms with van der Waals surface area (Å²) >= 11 is 4.73. The van der Waals surface area contributed by atoms with E-state index in [1.165, 1.54) is 0 Å². The predicted molar refractivity (Wildman–Crippen MR) is 93.6 cm³/mol. The van der Waals surface area contributed by atoms with Crippen molar-refractivity contribution in [2.75, 3.05) is 0 Å². The number of aromatic nitrogens is 1. The normalized spacial score (nSPS) is 12.7. The second-order valence-corrected chi connectivity index (χ2v) is 6.26. The average Bonchev–Trinajstić information content (AvgIpc) is 2.55. The third kappa shape index (κ3) is 5.53. The van der Waals surface area contributed by atoms with E-state index in [0.29, 0.717) is 11.1 Å². The zero-order valence-corrected chi connectivity index (χ0v) is 14.9. The maximum atomic E-state index is 13.0. The lowest BCUT2D eigenvalue weighted by molar-refractivity contribution is -0.137. The van der Waals surface area contributed by atoms with Gasteiger partial charge in [0, 0.05) is 6.20 Å². The van der Waals surface area contributed by atoms with Crippen molar-refractivity contribution in [3.05, 3.63) is 65.0 Å². The second kappa shape index (κ2) is 8.51. The van der Waals surface area contributed by atoms with Crippen LogP contribution >= 0.6 is 12.2 Å². The fraction of sp³-hybridized carbons (Fsp3) is 0.278. The molecule has 0 spiro atoms. The Morgan fingerprint density at radius 3 is 2.48 bits per heavy atom. The molecule has 1 heterocycles. The molecule has 0 radical (unpaired) electrons. The number of carbonyl (C=O) groups is 1. The summed E-state index contributed by atoms with van der Waals surface area (Å²) < 4.78 is 64.0. The SMILES string of the molecule is Cc1ccccc1C(C(=O)NC(=S)CC(F)F)c1cc(C(F)(F)F)ccn1. The second-order valence-electron chi connectivity index (χ2n) is 5.76. The van der Waals surface area contributed by atoms with Crippen LogP contribution in [0.25, 0.3) is 0 Å². The molecule has 0 aliphatic rings. The van der Waals surface area contributed by atoms with Gasteiger partial charge >= 0.3 is 6.18 Å². The molecule has 0 saturated heterocycles. The van der Waals surface area contributed by atoms with E-state index in [4.69, 9.17) is 12.2 Å². The van der Waals surface area contributed by atoms with Crippen LogP contribution in [-0.4, -0.2) is 22.3 Å². The van der Waals surface area contributed by atoms with Gasteiger partial charge in [-0.25, -0.2) is 8.78 Å². The Morgan fingerprint density at radius 1 is 1.22 bits per heavy atom. The summed E-state index contributed by atoms with van der Waals surface area (Å²) in [5.41, 5.74) is -0.0798. The summed E-state index contributed by atoms with van der Waals surface area (Å²) in [5.74, 6) is -2.05. The minimum atomic E-state index is -4.62. The van der Waals surface area contributed by atoms with Gasteiger partial charge in [-0.15, -0.1) is 0 Å². The number of amides is 1. The predicted octanol–water partition coefficient (Wildman–Crippen LogP) is 4.64. The smallest absolute Gasteiger partial charge is 0.319 e. The first-order valence-corrected chi connectivity index (χ1v) is 8.21. The van der Waals surface area contributed by atoms with E-state index in [9.17, 15) is 26.7 Å². The van der Waals surface area contributed by atoms with E-state index in [0.717, 1.165) is 18.3 Å². The number of pyridine rings is 1. The maximum Gasteiger partial charge on any atom is 0.416 e. The van der Waals surface area contributed by atoms with Gasteiger partial charge in [0.25, 0.3) is 0 Å². The van der Waals surface area contributed by atoms with Gasteiger partial charge in [-0.1, -0.05) is 36.5 Å². The van der Waals surface area contributed by atoms with Crippen molar-refractivity contribution in [2.24, 2.45) is 0 Å². The van der Waals surface area contributed by atoms with Crippen LogP contribution in [-0.2, 0) is 11.0 Å². The number of halogens is 5. The van der Waals surface area contributed by atoms with Gasteiger partial charge in [-0.2, -0.15) is 13.2 Å². The van der Waals surface area contributed by atoms with Crippen LogP contribution in [0.4, 0.5) is 22.0 Å². The lowest BCUT2D eigenvalue weighted by atomic mass is 9.90. The van der Waals surface area contributed by atoms with Crippen molar-refractivity contribution in [1.82, 2.24) is 10.3 Å². The molecule has 3 nitrogen and oxygen atoms in total. The molecule has 1 unspecified atom stereocenters. The molecule has 27 heavy (non-hydrogen) atoms. The van der Waals surface area contributed by atoms with Gasteiger partial charge in [0.2, 0.25) is 12.3 Å². The highest BCUT2D eigenvalue weighted by molar-refractivity contribution is 7.80. The quantitative estimate of drug-likeness (QED) is 0.585. The Morgan fingerprint density at radius 2 is 1.89 bits per heavy atom. The number of thiocarbonyl (C=S) groups is 1. The van der Waals surface area contributed by atoms with E-state index in [1.54, 1.807) is 31.2 Å². The van der Waals surface area contributed by atoms with Crippen LogP contribution < -0.4 is 5.32 Å². The number of alkyl halides is 5. The zero-order valence-electron chi connectivity index (χ0n) is 14.1. The summed E-state index contributed by atoms with van der Waals surface area (Å²) in [6.45, 7) is 1.68. The molecule has 2 aromatic rings. The zero-order chi connectivity index (χ0) is 20.2. The van der Waals surface area contributed by atoms with Crippen LogP contribution in [0.3, 0.4) is 0 Å². The Balaban J connectivity index is 2.47. The van der Waals surface area contributed by atoms with Crippen LogP contribution in [0, 0.1) is 6.92 Å². The summed E-state index contributed by atoms with van der Waals surface area (Å²) in [5, 5.41) is 2.19. The van der Waals surface area contributed by atoms with Crippen LogP contribution in [0.2, 0.25) is 0 Å². The van der Waals surface area contributed by atoms with Crippen LogP contribution in [0.15, 0.2) is 42.6 Å². The summed E-state index contributed by atoms with van der Waals surface area (Å²) in [7, 11) is 0. The first-order valence-electron chi connectivity index (χ1n) is 7.80. The highest BCUT2D eigenvalue weighted by atomic mass is 32.1. The van der Waals surface area contributed by atoms with Crippen LogP contribution in [0.1, 0.15) is 34.7 Å². The molecule has 2 rings (SSSR count). The third-order valence-electron chi connectivity index (χ3n) is 3.77. The van der Waals surface area contributed by atoms with Crippen molar-refractivity contribution in [3.63, 3.8) is 0 Å². The molecule has 1 atom stereocenters. The van der Waals surface area contributed by atoms with Crippen molar-refractivity contribution in [2.45, 2.75) is 31.9 Å². The number of aryl methyl sites for hydroxylation is 1. The maximum absolute atomic E-state index is 13.0. The highest BCUT2D eigenvalue weighted by Gasteiger charge is 2.33. The molecule has 0 saturated carbocycles. The minimum Gasteiger partial charge on any atom is -0.319 e. The molecule has 9 heteroatoms. The molecule has 144 valence electrons. The summed E-state index contributed by atoms with van der Waals surface area (Å²) in [6, 6.07) is 8.13. The van der Waals surface area contributed by atoms with E-state index in [2.05, 4.69) is 10.3 Å². The fourth-order valence-electron chi connectivity index (χ4n) is 2.53. The van der Waals surface area contributed by atoms with Gasteiger partial charge in [-0.3, -0.25) is 9.78 Å². The molecular weight excluding hydrogens is 387 g/mol. The number of rotatable bonds is 5. The molecule has 1 N–H and O–H groups in total. The lowest BCUT2D eigenvalue weighted by Crippen LogP contribution is -2.35. The van der Waals surface area contributed by atoms with Gasteiger partial charge in [-0.05, 0) is 30.2 Å². The van der Waals surface area contributed by atoms with Crippen molar-refractivity contribution >= 4 is 23.1 Å². The van der Waals surface area contributed by atoms with E-state index >= 15 is 0 Å². The number of carbonyl (C=O) groups excluding carboxylic acids is 1. The highest BCUT2D eigenvalue weighted by Crippen LogP contribution is 2.33. The number of nitrogens with one attached hydrogen (secondary N) is 1. The molecule has 0 bridgehead atoms. The minimum absolute atomic E-state index is 0.156. The number of hydrogen-bond donors (Lipinski definition) is 1. The Bertz CT molecular complexity index is 838. The number of benzene rings is 1. The summed E-state index contributed by atoms with van der Waals surface area (Å²) in [6.07, 6.45) is -7.23. The molecule has 0 aliphatic heterocycles. The third-order valence-corrected chi connectivity index (χ3v) is 4.04. The van der Waals surface area contributed by atoms with Crippen molar-refractivity contribution in [3.8, 4) is 0 Å². The lowest BCUT2D eigenvalue weighted by Gasteiger charge is -2.20. The van der Waals surface area contributed by atoms with Crippen molar-refractivity contribution < 1.29 is 26.7 Å². The fourth-order valence-corrected chi connectivity index (χ4v) is 2.76. The van der Waals surface area contributed by atoms with Gasteiger partial charge in [0.1, 0.15) is 5.92 Å². The van der Waals surface area contributed by atoms with E-state index in [-0.39, 0.29) is 10.7 Å². The van der Waals surface area contributed by atoms with E-state index < -0.39 is 36.4 Å². The molecule has 1 amide bonds. The summed E-state index contributed by atoms with van der Waals surface area (Å²) in [4.78, 5) is 16.2. The average molecular weight is 402 g/mol. The molecule has 1 aromatic carbocycles. The Labute approximate surface area is 157 Å². The molecular formula is C18H15F5N2OS. The standard InChI is InChI=1S/C18H15F5N2OS/c1-10-4-2-3-5-12(10)16(17(26)25-15(27)9-14(19)20)13-8-11(6-7-24-13)18(21,22)23/h2-8,14,16H,9H2,1H3,(H,25,26,27). The van der Waals surface area contributed by atoms with Crippen molar-refractivity contribution in [1.29, 1.82) is 0 Å². The topological polar surface area (TPSA) is 42.0 Å². The van der Waals surface area contributed by atoms with E-state index in [1.807, 2.05) is 0 Å². The van der Waals surface area contributed by atoms with Gasteiger partial charge in [0.15, 0.2) is 0 Å².